The fraction of sp³-hybridized carbons (Fsp3) is 0.696. The standard InChI is InChI=1S/C22H32N4O4.C22H36N4O2.CH4O.CH4/c1-23-9-11-24(12-10-23)18-3-7-25(8-4-18)20-16-22(29-2)21(26(27)28)15-19(20)17-5-13-30-14-6-17;1-24-9-11-25(12-10-24)18-3-7-26(8-4-18)21-16-22(27-2)20(23)15-19(21)17-5-13-28-14-6-17;1-2;/h5,15-16,18H,3-4,6-14H2,1-2H3;15-18H,3-14,23H2,1-2H3;2H,1H3;1H4. The third-order valence-electron chi connectivity index (χ3n) is 13.6. The van der Waals surface area contributed by atoms with Crippen molar-refractivity contribution in [2.45, 2.75) is 70.4 Å². The van der Waals surface area contributed by atoms with E-state index in [1.165, 1.54) is 57.4 Å². The van der Waals surface area contributed by atoms with Crippen LogP contribution >= 0.6 is 0 Å². The maximum Gasteiger partial charge on any atom is 0.311 e. The Bertz CT molecular complexity index is 1690. The predicted molar refractivity (Wildman–Crippen MR) is 247 cm³/mol. The number of nitrogens with two attached hydrogens (primary N) is 1. The molecule has 15 heteroatoms. The maximum atomic E-state index is 11.6. The van der Waals surface area contributed by atoms with Gasteiger partial charge in [0.15, 0.2) is 5.75 Å². The number of nitrogen functional groups attached to an aromatic ring is 1. The molecule has 0 spiro atoms. The molecule has 15 nitrogen and oxygen atoms in total. The number of aliphatic hydroxyl groups excluding tert-OH is 1. The van der Waals surface area contributed by atoms with Crippen LogP contribution in [0.1, 0.15) is 69.4 Å². The number of methoxy groups -OCH3 is 2. The molecule has 5 fully saturated rings. The van der Waals surface area contributed by atoms with Gasteiger partial charge in [-0.2, -0.15) is 0 Å². The van der Waals surface area contributed by atoms with Crippen molar-refractivity contribution in [3.63, 3.8) is 0 Å². The van der Waals surface area contributed by atoms with E-state index < -0.39 is 0 Å². The lowest BCUT2D eigenvalue weighted by Crippen LogP contribution is -2.52. The van der Waals surface area contributed by atoms with Gasteiger partial charge in [-0.3, -0.25) is 19.9 Å². The van der Waals surface area contributed by atoms with Gasteiger partial charge in [-0.25, -0.2) is 0 Å². The van der Waals surface area contributed by atoms with Gasteiger partial charge in [0.05, 0.1) is 38.0 Å². The maximum absolute atomic E-state index is 11.6. The Morgan fingerprint density at radius 2 is 1.20 bits per heavy atom. The number of rotatable bonds is 9. The molecule has 0 aliphatic carbocycles. The van der Waals surface area contributed by atoms with E-state index in [0.29, 0.717) is 30.9 Å². The van der Waals surface area contributed by atoms with Gasteiger partial charge in [0.25, 0.3) is 0 Å². The second-order valence-electron chi connectivity index (χ2n) is 17.0. The summed E-state index contributed by atoms with van der Waals surface area (Å²) < 4.78 is 22.0. The van der Waals surface area contributed by atoms with Gasteiger partial charge in [-0.1, -0.05) is 13.5 Å². The van der Waals surface area contributed by atoms with E-state index in [1.807, 2.05) is 6.07 Å². The summed E-state index contributed by atoms with van der Waals surface area (Å²) in [6, 6.07) is 9.25. The first-order valence-electron chi connectivity index (χ1n) is 22.2. The highest BCUT2D eigenvalue weighted by atomic mass is 16.6. The monoisotopic (exact) mass is 853 g/mol. The lowest BCUT2D eigenvalue weighted by molar-refractivity contribution is -0.385. The van der Waals surface area contributed by atoms with Crippen molar-refractivity contribution in [3.8, 4) is 11.5 Å². The van der Waals surface area contributed by atoms with Crippen LogP contribution in [0.3, 0.4) is 0 Å². The van der Waals surface area contributed by atoms with Gasteiger partial charge < -0.3 is 49.4 Å². The quantitative estimate of drug-likeness (QED) is 0.192. The highest BCUT2D eigenvalue weighted by Crippen LogP contribution is 2.42. The minimum atomic E-state index is -0.356. The van der Waals surface area contributed by atoms with Crippen LogP contribution in [-0.2, 0) is 9.47 Å². The van der Waals surface area contributed by atoms with E-state index in [2.05, 4.69) is 61.7 Å². The fourth-order valence-electron chi connectivity index (χ4n) is 9.86. The number of piperazine rings is 2. The van der Waals surface area contributed by atoms with Crippen LogP contribution in [0.4, 0.5) is 22.7 Å². The van der Waals surface area contributed by atoms with E-state index in [4.69, 9.17) is 29.8 Å². The molecular weight excluding hydrogens is 777 g/mol. The number of likely N-dealkylation sites (N-methyl/N-ethyl adjacent to an activating group) is 2. The van der Waals surface area contributed by atoms with Crippen molar-refractivity contribution in [1.82, 2.24) is 19.6 Å². The first kappa shape index (κ1) is 48.3. The zero-order chi connectivity index (χ0) is 42.6. The second-order valence-corrected chi connectivity index (χ2v) is 17.0. The first-order chi connectivity index (χ1) is 29.2. The molecule has 342 valence electrons. The summed E-state index contributed by atoms with van der Waals surface area (Å²) in [7, 11) is 8.63. The van der Waals surface area contributed by atoms with Crippen LogP contribution in [0.2, 0.25) is 0 Å². The SMILES string of the molecule is C.CO.COc1cc(N2CCC(N3CCN(C)CC3)CC2)c(C2=CCOCC2)cc1[N+](=O)[O-].COc1cc(N2CCC(N3CCN(C)CC3)CC2)c(C2CCOCC2)cc1N. The smallest absolute Gasteiger partial charge is 0.311 e. The molecule has 0 amide bonds. The van der Waals surface area contributed by atoms with E-state index >= 15 is 0 Å². The number of nitro benzene ring substituents is 1. The predicted octanol–water partition coefficient (Wildman–Crippen LogP) is 5.26. The Hall–Kier alpha value is -3.70. The normalized spacial score (nSPS) is 21.9. The lowest BCUT2D eigenvalue weighted by Gasteiger charge is -2.43. The lowest BCUT2D eigenvalue weighted by atomic mass is 9.88. The van der Waals surface area contributed by atoms with Crippen molar-refractivity contribution in [2.24, 2.45) is 0 Å². The van der Waals surface area contributed by atoms with Crippen LogP contribution < -0.4 is 25.0 Å². The summed E-state index contributed by atoms with van der Waals surface area (Å²) in [5.74, 6) is 1.66. The van der Waals surface area contributed by atoms with Crippen molar-refractivity contribution in [2.75, 3.05) is 156 Å². The fourth-order valence-corrected chi connectivity index (χ4v) is 9.86. The molecule has 0 atom stereocenters. The number of ether oxygens (including phenoxy) is 4. The van der Waals surface area contributed by atoms with Gasteiger partial charge in [-0.05, 0) is 82.2 Å². The third kappa shape index (κ3) is 12.3. The van der Waals surface area contributed by atoms with Crippen LogP contribution in [-0.4, -0.2) is 182 Å². The Labute approximate surface area is 365 Å². The van der Waals surface area contributed by atoms with Gasteiger partial charge >= 0.3 is 5.69 Å². The first-order valence-corrected chi connectivity index (χ1v) is 22.2. The Kier molecular flexibility index (Phi) is 18.7. The van der Waals surface area contributed by atoms with Crippen LogP contribution in [0, 0.1) is 10.1 Å². The highest BCUT2D eigenvalue weighted by Gasteiger charge is 2.32. The Balaban J connectivity index is 0.000000219. The Morgan fingerprint density at radius 1 is 0.689 bits per heavy atom. The van der Waals surface area contributed by atoms with Crippen LogP contribution in [0.5, 0.6) is 11.5 Å². The number of aliphatic hydroxyl groups is 1. The number of nitro groups is 1. The number of nitrogens with zero attached hydrogens (tertiary/aromatic N) is 7. The minimum absolute atomic E-state index is 0. The molecule has 2 aromatic rings. The van der Waals surface area contributed by atoms with Gasteiger partial charge in [0.1, 0.15) is 5.75 Å². The van der Waals surface area contributed by atoms with E-state index in [0.717, 1.165) is 139 Å². The number of anilines is 3. The van der Waals surface area contributed by atoms with Crippen molar-refractivity contribution in [1.29, 1.82) is 0 Å². The zero-order valence-electron chi connectivity index (χ0n) is 37.0. The summed E-state index contributed by atoms with van der Waals surface area (Å²) in [6.45, 7) is 16.4. The summed E-state index contributed by atoms with van der Waals surface area (Å²) in [4.78, 5) is 26.4. The molecule has 0 unspecified atom stereocenters. The molecule has 5 saturated heterocycles. The summed E-state index contributed by atoms with van der Waals surface area (Å²) in [5.41, 5.74) is 12.9. The molecule has 6 heterocycles. The third-order valence-corrected chi connectivity index (χ3v) is 13.6. The summed E-state index contributed by atoms with van der Waals surface area (Å²) in [6.07, 6.45) is 9.69. The largest absolute Gasteiger partial charge is 0.495 e. The number of hydrogen-bond acceptors (Lipinski definition) is 14. The number of hydrogen-bond donors (Lipinski definition) is 2. The molecule has 3 N–H and O–H groups in total. The highest BCUT2D eigenvalue weighted by molar-refractivity contribution is 5.81. The van der Waals surface area contributed by atoms with Crippen LogP contribution in [0.25, 0.3) is 5.57 Å². The molecular formula is C46H76N8O7. The van der Waals surface area contributed by atoms with Gasteiger partial charge in [0.2, 0.25) is 0 Å². The molecule has 8 rings (SSSR count). The molecule has 0 radical (unpaired) electrons. The second kappa shape index (κ2) is 23.7. The molecule has 6 aliphatic rings. The molecule has 0 bridgehead atoms. The van der Waals surface area contributed by atoms with Crippen molar-refractivity contribution >= 4 is 28.3 Å². The number of benzene rings is 2. The molecule has 61 heavy (non-hydrogen) atoms. The van der Waals surface area contributed by atoms with E-state index in [9.17, 15) is 10.1 Å². The topological polar surface area (TPSA) is 146 Å². The average molecular weight is 853 g/mol. The molecule has 2 aromatic carbocycles. The van der Waals surface area contributed by atoms with Crippen LogP contribution in [0.15, 0.2) is 30.3 Å². The molecule has 6 aliphatic heterocycles. The zero-order valence-corrected chi connectivity index (χ0v) is 37.0. The molecule has 0 saturated carbocycles. The van der Waals surface area contributed by atoms with E-state index in [-0.39, 0.29) is 18.0 Å². The van der Waals surface area contributed by atoms with E-state index in [1.54, 1.807) is 13.2 Å². The van der Waals surface area contributed by atoms with Gasteiger partial charge in [0, 0.05) is 146 Å². The summed E-state index contributed by atoms with van der Waals surface area (Å²) >= 11 is 0. The van der Waals surface area contributed by atoms with Gasteiger partial charge in [-0.15, -0.1) is 0 Å². The number of piperidine rings is 2. The van der Waals surface area contributed by atoms with Crippen molar-refractivity contribution < 1.29 is 29.0 Å². The Morgan fingerprint density at radius 3 is 1.67 bits per heavy atom. The minimum Gasteiger partial charge on any atom is -0.495 e. The summed E-state index contributed by atoms with van der Waals surface area (Å²) in [5, 5.41) is 18.6. The molecule has 0 aromatic heterocycles. The average Bonchev–Trinajstić information content (AvgIpc) is 3.30. The van der Waals surface area contributed by atoms with Crippen molar-refractivity contribution in [3.05, 3.63) is 51.6 Å².